The molecule has 0 fully saturated rings. The van der Waals surface area contributed by atoms with Crippen LogP contribution >= 0.6 is 0 Å². The number of rotatable bonds is 11. The van der Waals surface area contributed by atoms with Gasteiger partial charge in [-0.1, -0.05) is 19.1 Å². The number of nitrogens with zero attached hydrogens (tertiary/aromatic N) is 2. The lowest BCUT2D eigenvalue weighted by Crippen LogP contribution is -2.52. The molecular formula is C24H32FN3O5S. The van der Waals surface area contributed by atoms with Crippen molar-refractivity contribution in [2.75, 3.05) is 24.2 Å². The van der Waals surface area contributed by atoms with E-state index in [2.05, 4.69) is 5.32 Å². The third-order valence-electron chi connectivity index (χ3n) is 5.47. The SMILES string of the molecule is CCC(C)NC(=O)C(C)N(Cc1ccc(OC)cc1)C(=O)CN(c1ccc(F)cc1)S(C)(=O)=O. The van der Waals surface area contributed by atoms with Crippen LogP contribution in [0.5, 0.6) is 5.75 Å². The molecule has 0 saturated carbocycles. The van der Waals surface area contributed by atoms with E-state index >= 15 is 0 Å². The first kappa shape index (κ1) is 27.1. The highest BCUT2D eigenvalue weighted by molar-refractivity contribution is 7.92. The van der Waals surface area contributed by atoms with Crippen LogP contribution in [-0.2, 0) is 26.2 Å². The number of anilines is 1. The minimum absolute atomic E-state index is 0.0823. The molecular weight excluding hydrogens is 461 g/mol. The Morgan fingerprint density at radius 3 is 2.15 bits per heavy atom. The van der Waals surface area contributed by atoms with Crippen LogP contribution in [0.25, 0.3) is 0 Å². The summed E-state index contributed by atoms with van der Waals surface area (Å²) in [7, 11) is -2.32. The number of hydrogen-bond donors (Lipinski definition) is 1. The first-order chi connectivity index (χ1) is 16.0. The van der Waals surface area contributed by atoms with Gasteiger partial charge in [-0.15, -0.1) is 0 Å². The first-order valence-corrected chi connectivity index (χ1v) is 12.8. The largest absolute Gasteiger partial charge is 0.497 e. The lowest BCUT2D eigenvalue weighted by Gasteiger charge is -2.32. The Kier molecular flexibility index (Phi) is 9.43. The molecule has 10 heteroatoms. The Morgan fingerprint density at radius 1 is 1.06 bits per heavy atom. The zero-order chi connectivity index (χ0) is 25.5. The Morgan fingerprint density at radius 2 is 1.65 bits per heavy atom. The van der Waals surface area contributed by atoms with Crippen molar-refractivity contribution in [1.82, 2.24) is 10.2 Å². The molecule has 2 rings (SSSR count). The quantitative estimate of drug-likeness (QED) is 0.519. The number of halogens is 1. The first-order valence-electron chi connectivity index (χ1n) is 10.9. The van der Waals surface area contributed by atoms with Crippen molar-refractivity contribution in [2.45, 2.75) is 45.8 Å². The van der Waals surface area contributed by atoms with Crippen LogP contribution in [0.15, 0.2) is 48.5 Å². The fraction of sp³-hybridized carbons (Fsp3) is 0.417. The topological polar surface area (TPSA) is 96.0 Å². The Bertz CT molecular complexity index is 1070. The third kappa shape index (κ3) is 7.44. The highest BCUT2D eigenvalue weighted by Crippen LogP contribution is 2.20. The maximum atomic E-state index is 13.4. The molecule has 186 valence electrons. The minimum atomic E-state index is -3.86. The summed E-state index contributed by atoms with van der Waals surface area (Å²) >= 11 is 0. The van der Waals surface area contributed by atoms with E-state index in [1.807, 2.05) is 13.8 Å². The van der Waals surface area contributed by atoms with E-state index in [1.54, 1.807) is 38.3 Å². The highest BCUT2D eigenvalue weighted by Gasteiger charge is 2.30. The summed E-state index contributed by atoms with van der Waals surface area (Å²) in [5, 5.41) is 2.86. The van der Waals surface area contributed by atoms with Gasteiger partial charge in [-0.3, -0.25) is 13.9 Å². The molecule has 1 N–H and O–H groups in total. The van der Waals surface area contributed by atoms with Gasteiger partial charge in [0, 0.05) is 12.6 Å². The van der Waals surface area contributed by atoms with Gasteiger partial charge in [0.15, 0.2) is 0 Å². The fourth-order valence-electron chi connectivity index (χ4n) is 3.20. The maximum Gasteiger partial charge on any atom is 0.244 e. The Balaban J connectivity index is 2.36. The highest BCUT2D eigenvalue weighted by atomic mass is 32.2. The molecule has 2 unspecified atom stereocenters. The average molecular weight is 494 g/mol. The molecule has 0 heterocycles. The van der Waals surface area contributed by atoms with Gasteiger partial charge >= 0.3 is 0 Å². The number of ether oxygens (including phenoxy) is 1. The molecule has 2 atom stereocenters. The van der Waals surface area contributed by atoms with Crippen LogP contribution in [0, 0.1) is 5.82 Å². The number of sulfonamides is 1. The van der Waals surface area contributed by atoms with Gasteiger partial charge in [-0.05, 0) is 62.2 Å². The van der Waals surface area contributed by atoms with E-state index in [9.17, 15) is 22.4 Å². The van der Waals surface area contributed by atoms with E-state index in [0.29, 0.717) is 5.75 Å². The van der Waals surface area contributed by atoms with Crippen molar-refractivity contribution in [3.63, 3.8) is 0 Å². The summed E-state index contributed by atoms with van der Waals surface area (Å²) in [5.74, 6) is -0.801. The molecule has 0 radical (unpaired) electrons. The van der Waals surface area contributed by atoms with E-state index in [4.69, 9.17) is 4.74 Å². The summed E-state index contributed by atoms with van der Waals surface area (Å²) in [6, 6.07) is 10.9. The normalized spacial score (nSPS) is 13.0. The molecule has 0 aliphatic carbocycles. The molecule has 0 aliphatic heterocycles. The number of carbonyl (C=O) groups is 2. The lowest BCUT2D eigenvalue weighted by atomic mass is 10.1. The average Bonchev–Trinajstić information content (AvgIpc) is 2.80. The number of nitrogens with one attached hydrogen (secondary N) is 1. The molecule has 34 heavy (non-hydrogen) atoms. The molecule has 2 amide bonds. The fourth-order valence-corrected chi connectivity index (χ4v) is 4.05. The van der Waals surface area contributed by atoms with Crippen LogP contribution in [-0.4, -0.2) is 57.1 Å². The molecule has 8 nitrogen and oxygen atoms in total. The number of amides is 2. The number of methoxy groups -OCH3 is 1. The second-order valence-corrected chi connectivity index (χ2v) is 10.0. The van der Waals surface area contributed by atoms with Gasteiger partial charge in [-0.25, -0.2) is 12.8 Å². The van der Waals surface area contributed by atoms with Gasteiger partial charge < -0.3 is 15.0 Å². The summed E-state index contributed by atoms with van der Waals surface area (Å²) in [4.78, 5) is 27.6. The molecule has 0 bridgehead atoms. The summed E-state index contributed by atoms with van der Waals surface area (Å²) in [5.41, 5.74) is 0.892. The second-order valence-electron chi connectivity index (χ2n) is 8.11. The van der Waals surface area contributed by atoms with Gasteiger partial charge in [0.2, 0.25) is 21.8 Å². The van der Waals surface area contributed by atoms with Crippen molar-refractivity contribution in [3.8, 4) is 5.75 Å². The minimum Gasteiger partial charge on any atom is -0.497 e. The molecule has 2 aromatic carbocycles. The van der Waals surface area contributed by atoms with Gasteiger partial charge in [0.1, 0.15) is 24.2 Å². The van der Waals surface area contributed by atoms with Crippen LogP contribution in [0.3, 0.4) is 0 Å². The molecule has 0 aliphatic rings. The van der Waals surface area contributed by atoms with Crippen LogP contribution < -0.4 is 14.4 Å². The van der Waals surface area contributed by atoms with Crippen molar-refractivity contribution in [1.29, 1.82) is 0 Å². The molecule has 0 spiro atoms. The van der Waals surface area contributed by atoms with Gasteiger partial charge in [-0.2, -0.15) is 0 Å². The summed E-state index contributed by atoms with van der Waals surface area (Å²) in [6.45, 7) is 4.94. The van der Waals surface area contributed by atoms with E-state index in [-0.39, 0.29) is 24.2 Å². The van der Waals surface area contributed by atoms with Crippen LogP contribution in [0.2, 0.25) is 0 Å². The number of carbonyl (C=O) groups excluding carboxylic acids is 2. The number of hydrogen-bond acceptors (Lipinski definition) is 5. The maximum absolute atomic E-state index is 13.4. The van der Waals surface area contributed by atoms with Crippen molar-refractivity contribution >= 4 is 27.5 Å². The Labute approximate surface area is 200 Å². The standard InChI is InChI=1S/C24H32FN3O5S/c1-6-17(2)26-24(30)18(3)27(15-19-7-13-22(33-4)14-8-19)23(29)16-28(34(5,31)32)21-11-9-20(25)10-12-21/h7-14,17-18H,6,15-16H2,1-5H3,(H,26,30). The van der Waals surface area contributed by atoms with Crippen LogP contribution in [0.1, 0.15) is 32.8 Å². The number of benzene rings is 2. The second kappa shape index (κ2) is 11.8. The van der Waals surface area contributed by atoms with E-state index in [1.165, 1.54) is 17.0 Å². The third-order valence-corrected chi connectivity index (χ3v) is 6.61. The zero-order valence-electron chi connectivity index (χ0n) is 20.1. The van der Waals surface area contributed by atoms with Crippen molar-refractivity contribution in [3.05, 3.63) is 59.9 Å². The monoisotopic (exact) mass is 493 g/mol. The molecule has 0 aromatic heterocycles. The molecule has 0 saturated heterocycles. The zero-order valence-corrected chi connectivity index (χ0v) is 20.9. The lowest BCUT2D eigenvalue weighted by molar-refractivity contribution is -0.139. The van der Waals surface area contributed by atoms with Gasteiger partial charge in [0.25, 0.3) is 0 Å². The summed E-state index contributed by atoms with van der Waals surface area (Å²) < 4.78 is 44.3. The predicted octanol–water partition coefficient (Wildman–Crippen LogP) is 2.93. The van der Waals surface area contributed by atoms with E-state index in [0.717, 1.165) is 34.7 Å². The Hall–Kier alpha value is -3.14. The summed E-state index contributed by atoms with van der Waals surface area (Å²) in [6.07, 6.45) is 1.69. The predicted molar refractivity (Wildman–Crippen MR) is 129 cm³/mol. The van der Waals surface area contributed by atoms with Crippen LogP contribution in [0.4, 0.5) is 10.1 Å². The van der Waals surface area contributed by atoms with Gasteiger partial charge in [0.05, 0.1) is 19.1 Å². The van der Waals surface area contributed by atoms with E-state index < -0.39 is 34.3 Å². The van der Waals surface area contributed by atoms with Crippen molar-refractivity contribution < 1.29 is 27.1 Å². The van der Waals surface area contributed by atoms with Crippen molar-refractivity contribution in [2.24, 2.45) is 0 Å². The molecule has 2 aromatic rings. The smallest absolute Gasteiger partial charge is 0.244 e.